The standard InChI is InChI=1S/C24H24N2O3.C2H6/c1-18-9-13-21(14-10-18)25(3)23(28)26(22-15-11-19(2)12-16-22)24(29,17-27)20-7-5-4-6-8-20;1-2/h4-17,29H,1-3H3;1-2H3. The van der Waals surface area contributed by atoms with E-state index in [4.69, 9.17) is 0 Å². The summed E-state index contributed by atoms with van der Waals surface area (Å²) in [5.74, 6) is 0. The van der Waals surface area contributed by atoms with Crippen molar-refractivity contribution in [3.8, 4) is 0 Å². The van der Waals surface area contributed by atoms with Gasteiger partial charge in [0.25, 0.3) is 0 Å². The Bertz CT molecular complexity index is 985. The maximum absolute atomic E-state index is 13.5. The summed E-state index contributed by atoms with van der Waals surface area (Å²) in [4.78, 5) is 28.2. The lowest BCUT2D eigenvalue weighted by Gasteiger charge is -2.38. The molecule has 5 nitrogen and oxygen atoms in total. The van der Waals surface area contributed by atoms with Gasteiger partial charge in [-0.1, -0.05) is 79.6 Å². The lowest BCUT2D eigenvalue weighted by atomic mass is 10.0. The zero-order chi connectivity index (χ0) is 23.0. The topological polar surface area (TPSA) is 60.9 Å². The van der Waals surface area contributed by atoms with Crippen molar-refractivity contribution in [1.82, 2.24) is 0 Å². The van der Waals surface area contributed by atoms with Crippen molar-refractivity contribution in [2.75, 3.05) is 16.8 Å². The maximum Gasteiger partial charge on any atom is 0.331 e. The molecule has 1 N–H and O–H groups in total. The van der Waals surface area contributed by atoms with E-state index >= 15 is 0 Å². The second kappa shape index (κ2) is 10.5. The molecule has 0 radical (unpaired) electrons. The number of amides is 2. The number of hydrogen-bond acceptors (Lipinski definition) is 3. The van der Waals surface area contributed by atoms with Gasteiger partial charge in [0.1, 0.15) is 0 Å². The quantitative estimate of drug-likeness (QED) is 0.443. The van der Waals surface area contributed by atoms with Crippen molar-refractivity contribution < 1.29 is 14.7 Å². The number of anilines is 2. The van der Waals surface area contributed by atoms with Gasteiger partial charge >= 0.3 is 6.03 Å². The van der Waals surface area contributed by atoms with Gasteiger partial charge in [0, 0.05) is 24.0 Å². The van der Waals surface area contributed by atoms with E-state index in [0.29, 0.717) is 23.2 Å². The highest BCUT2D eigenvalue weighted by atomic mass is 16.3. The van der Waals surface area contributed by atoms with Gasteiger partial charge in [0.05, 0.1) is 0 Å². The molecule has 0 aromatic heterocycles. The number of carbonyl (C=O) groups excluding carboxylic acids is 2. The number of nitrogens with zero attached hydrogens (tertiary/aromatic N) is 2. The molecule has 31 heavy (non-hydrogen) atoms. The third-order valence-electron chi connectivity index (χ3n) is 4.90. The van der Waals surface area contributed by atoms with Crippen LogP contribution in [0.1, 0.15) is 30.5 Å². The normalized spacial score (nSPS) is 12.1. The van der Waals surface area contributed by atoms with Gasteiger partial charge in [0.2, 0.25) is 5.72 Å². The Kier molecular flexibility index (Phi) is 8.11. The molecule has 0 aliphatic carbocycles. The Labute approximate surface area is 184 Å². The smallest absolute Gasteiger partial charge is 0.331 e. The van der Waals surface area contributed by atoms with Crippen LogP contribution < -0.4 is 9.80 Å². The number of urea groups is 1. The Balaban J connectivity index is 0.00000166. The molecule has 0 aliphatic heterocycles. The minimum atomic E-state index is -2.16. The molecule has 0 bridgehead atoms. The number of benzene rings is 3. The van der Waals surface area contributed by atoms with E-state index in [1.165, 1.54) is 4.90 Å². The van der Waals surface area contributed by atoms with Crippen LogP contribution in [0.2, 0.25) is 0 Å². The maximum atomic E-state index is 13.5. The van der Waals surface area contributed by atoms with E-state index in [1.807, 2.05) is 64.1 Å². The molecule has 5 heteroatoms. The van der Waals surface area contributed by atoms with Crippen LogP contribution in [0.25, 0.3) is 0 Å². The first-order valence-corrected chi connectivity index (χ1v) is 10.3. The first kappa shape index (κ1) is 23.8. The predicted molar refractivity (Wildman–Crippen MR) is 126 cm³/mol. The molecule has 0 aliphatic rings. The predicted octanol–water partition coefficient (Wildman–Crippen LogP) is 5.44. The second-order valence-electron chi connectivity index (χ2n) is 7.06. The van der Waals surface area contributed by atoms with Gasteiger partial charge in [-0.25, -0.2) is 4.79 Å². The summed E-state index contributed by atoms with van der Waals surface area (Å²) in [6, 6.07) is 22.5. The van der Waals surface area contributed by atoms with Crippen molar-refractivity contribution in [2.45, 2.75) is 33.4 Å². The monoisotopic (exact) mass is 418 g/mol. The van der Waals surface area contributed by atoms with E-state index in [2.05, 4.69) is 0 Å². The number of carbonyl (C=O) groups is 2. The van der Waals surface area contributed by atoms with Crippen molar-refractivity contribution in [2.24, 2.45) is 0 Å². The number of rotatable bonds is 5. The average molecular weight is 419 g/mol. The highest BCUT2D eigenvalue weighted by molar-refractivity contribution is 6.06. The molecule has 0 saturated heterocycles. The van der Waals surface area contributed by atoms with Gasteiger partial charge in [-0.15, -0.1) is 0 Å². The van der Waals surface area contributed by atoms with Crippen LogP contribution in [0.15, 0.2) is 78.9 Å². The second-order valence-corrected chi connectivity index (χ2v) is 7.06. The summed E-state index contributed by atoms with van der Waals surface area (Å²) < 4.78 is 0. The molecule has 0 saturated carbocycles. The van der Waals surface area contributed by atoms with E-state index in [0.717, 1.165) is 16.0 Å². The van der Waals surface area contributed by atoms with Gasteiger partial charge in [-0.3, -0.25) is 14.6 Å². The lowest BCUT2D eigenvalue weighted by Crippen LogP contribution is -2.55. The van der Waals surface area contributed by atoms with E-state index in [-0.39, 0.29) is 0 Å². The van der Waals surface area contributed by atoms with Crippen molar-refractivity contribution in [3.63, 3.8) is 0 Å². The first-order valence-electron chi connectivity index (χ1n) is 10.3. The number of aldehydes is 1. The van der Waals surface area contributed by atoms with Crippen LogP contribution in [-0.4, -0.2) is 24.5 Å². The highest BCUT2D eigenvalue weighted by Gasteiger charge is 2.42. The number of hydrogen-bond donors (Lipinski definition) is 1. The van der Waals surface area contributed by atoms with Crippen molar-refractivity contribution in [3.05, 3.63) is 95.6 Å². The molecule has 162 valence electrons. The Morgan fingerprint density at radius 3 is 1.71 bits per heavy atom. The lowest BCUT2D eigenvalue weighted by molar-refractivity contribution is -0.124. The van der Waals surface area contributed by atoms with Crippen molar-refractivity contribution >= 4 is 23.7 Å². The summed E-state index contributed by atoms with van der Waals surface area (Å²) in [5, 5.41) is 11.4. The minimum Gasteiger partial charge on any atom is -0.361 e. The molecule has 3 aromatic rings. The molecule has 1 atom stereocenters. The zero-order valence-corrected chi connectivity index (χ0v) is 18.7. The fraction of sp³-hybridized carbons (Fsp3) is 0.231. The number of aryl methyl sites for hydroxylation is 2. The summed E-state index contributed by atoms with van der Waals surface area (Å²) >= 11 is 0. The Hall–Kier alpha value is -3.44. The molecule has 2 amide bonds. The van der Waals surface area contributed by atoms with Crippen LogP contribution in [-0.2, 0) is 10.5 Å². The zero-order valence-electron chi connectivity index (χ0n) is 18.7. The molecule has 3 aromatic carbocycles. The highest BCUT2D eigenvalue weighted by Crippen LogP contribution is 2.32. The van der Waals surface area contributed by atoms with Crippen LogP contribution >= 0.6 is 0 Å². The molecular formula is C26H30N2O3. The largest absolute Gasteiger partial charge is 0.361 e. The fourth-order valence-electron chi connectivity index (χ4n) is 3.11. The van der Waals surface area contributed by atoms with E-state index in [1.54, 1.807) is 49.5 Å². The first-order chi connectivity index (χ1) is 14.9. The van der Waals surface area contributed by atoms with Gasteiger partial charge in [-0.2, -0.15) is 0 Å². The third-order valence-corrected chi connectivity index (χ3v) is 4.90. The summed E-state index contributed by atoms with van der Waals surface area (Å²) in [5.41, 5.74) is 1.28. The Morgan fingerprint density at radius 1 is 0.806 bits per heavy atom. The van der Waals surface area contributed by atoms with Crippen LogP contribution in [0, 0.1) is 13.8 Å². The molecule has 0 spiro atoms. The minimum absolute atomic E-state index is 0.307. The summed E-state index contributed by atoms with van der Waals surface area (Å²) in [7, 11) is 1.62. The number of aliphatic hydroxyl groups is 1. The summed E-state index contributed by atoms with van der Waals surface area (Å²) in [6.45, 7) is 7.89. The van der Waals surface area contributed by atoms with E-state index < -0.39 is 11.8 Å². The molecular weight excluding hydrogens is 388 g/mol. The molecule has 0 fully saturated rings. The van der Waals surface area contributed by atoms with Gasteiger partial charge in [0.15, 0.2) is 6.29 Å². The van der Waals surface area contributed by atoms with Crippen molar-refractivity contribution in [1.29, 1.82) is 0 Å². The fourth-order valence-corrected chi connectivity index (χ4v) is 3.11. The van der Waals surface area contributed by atoms with Crippen LogP contribution in [0.4, 0.5) is 16.2 Å². The third kappa shape index (κ3) is 5.19. The molecule has 3 rings (SSSR count). The molecule has 1 unspecified atom stereocenters. The molecule has 0 heterocycles. The average Bonchev–Trinajstić information content (AvgIpc) is 2.82. The summed E-state index contributed by atoms with van der Waals surface area (Å²) in [6.07, 6.45) is 0.392. The van der Waals surface area contributed by atoms with Crippen LogP contribution in [0.5, 0.6) is 0 Å². The van der Waals surface area contributed by atoms with Gasteiger partial charge in [-0.05, 0) is 38.1 Å². The van der Waals surface area contributed by atoms with Crippen LogP contribution in [0.3, 0.4) is 0 Å². The Morgan fingerprint density at radius 2 is 1.26 bits per heavy atom. The SMILES string of the molecule is CC.Cc1ccc(N(C)C(=O)N(c2ccc(C)cc2)C(O)(C=O)c2ccccc2)cc1. The van der Waals surface area contributed by atoms with Gasteiger partial charge < -0.3 is 5.11 Å². The van der Waals surface area contributed by atoms with E-state index in [9.17, 15) is 14.7 Å².